The van der Waals surface area contributed by atoms with Crippen molar-refractivity contribution in [2.24, 2.45) is 11.3 Å². The molecule has 2 aliphatic carbocycles. The van der Waals surface area contributed by atoms with E-state index in [2.05, 4.69) is 6.92 Å². The lowest BCUT2D eigenvalue weighted by molar-refractivity contribution is -0.113. The first-order chi connectivity index (χ1) is 12.9. The van der Waals surface area contributed by atoms with E-state index in [1.54, 1.807) is 33.5 Å². The molecule has 1 aromatic carbocycles. The summed E-state index contributed by atoms with van der Waals surface area (Å²) in [5, 5.41) is 10.7. The second kappa shape index (κ2) is 7.39. The fourth-order valence-electron chi connectivity index (χ4n) is 4.37. The Balaban J connectivity index is 2.12. The van der Waals surface area contributed by atoms with Crippen LogP contribution < -0.4 is 14.2 Å². The second-order valence-electron chi connectivity index (χ2n) is 7.50. The van der Waals surface area contributed by atoms with Crippen LogP contribution in [0.2, 0.25) is 0 Å². The van der Waals surface area contributed by atoms with Crippen molar-refractivity contribution in [3.05, 3.63) is 34.9 Å². The molecule has 1 N–H and O–H groups in total. The van der Waals surface area contributed by atoms with Crippen LogP contribution in [-0.4, -0.2) is 38.3 Å². The molecular weight excluding hydrogens is 344 g/mol. The molecule has 0 unspecified atom stereocenters. The molecule has 5 nitrogen and oxygen atoms in total. The molecule has 0 amide bonds. The summed E-state index contributed by atoms with van der Waals surface area (Å²) in [5.41, 5.74) is 2.07. The summed E-state index contributed by atoms with van der Waals surface area (Å²) in [6.45, 7) is 4.10. The Hall–Kier alpha value is -2.27. The first kappa shape index (κ1) is 19.5. The van der Waals surface area contributed by atoms with Gasteiger partial charge in [-0.3, -0.25) is 4.79 Å². The zero-order chi connectivity index (χ0) is 19.8. The number of ether oxygens (including phenoxy) is 3. The molecule has 0 aromatic heterocycles. The third-order valence-electron chi connectivity index (χ3n) is 6.31. The Morgan fingerprint density at radius 2 is 1.74 bits per heavy atom. The molecule has 3 atom stereocenters. The van der Waals surface area contributed by atoms with Crippen LogP contribution in [0.5, 0.6) is 17.2 Å². The van der Waals surface area contributed by atoms with Gasteiger partial charge in [0, 0.05) is 22.6 Å². The number of benzene rings is 1. The maximum atomic E-state index is 12.9. The topological polar surface area (TPSA) is 65.0 Å². The smallest absolute Gasteiger partial charge is 0.182 e. The number of ketones is 1. The van der Waals surface area contributed by atoms with Gasteiger partial charge in [0.2, 0.25) is 0 Å². The molecule has 2 aliphatic rings. The fraction of sp³-hybridized carbons (Fsp3) is 0.500. The summed E-state index contributed by atoms with van der Waals surface area (Å²) in [5.74, 6) is 1.64. The van der Waals surface area contributed by atoms with Crippen LogP contribution in [0.25, 0.3) is 6.08 Å². The lowest BCUT2D eigenvalue weighted by Gasteiger charge is -2.48. The van der Waals surface area contributed by atoms with Gasteiger partial charge in [-0.25, -0.2) is 0 Å². The number of carbonyl (C=O) groups is 1. The Morgan fingerprint density at radius 3 is 2.37 bits per heavy atom. The third-order valence-corrected chi connectivity index (χ3v) is 6.31. The molecule has 146 valence electrons. The van der Waals surface area contributed by atoms with E-state index in [0.717, 1.165) is 30.4 Å². The summed E-state index contributed by atoms with van der Waals surface area (Å²) < 4.78 is 16.2. The summed E-state index contributed by atoms with van der Waals surface area (Å²) in [7, 11) is 4.73. The van der Waals surface area contributed by atoms with Crippen molar-refractivity contribution in [1.29, 1.82) is 0 Å². The Bertz CT molecular complexity index is 807. The zero-order valence-electron chi connectivity index (χ0n) is 16.7. The summed E-state index contributed by atoms with van der Waals surface area (Å²) in [6, 6.07) is 3.56. The molecular formula is C22H28O5. The number of aliphatic hydroxyl groups is 1. The van der Waals surface area contributed by atoms with E-state index in [1.807, 2.05) is 19.1 Å². The highest BCUT2D eigenvalue weighted by molar-refractivity contribution is 6.09. The van der Waals surface area contributed by atoms with E-state index in [4.69, 9.17) is 14.2 Å². The number of rotatable bonds is 4. The molecule has 0 bridgehead atoms. The van der Waals surface area contributed by atoms with Gasteiger partial charge >= 0.3 is 0 Å². The van der Waals surface area contributed by atoms with E-state index in [0.29, 0.717) is 22.8 Å². The van der Waals surface area contributed by atoms with E-state index >= 15 is 0 Å². The van der Waals surface area contributed by atoms with E-state index in [1.165, 1.54) is 0 Å². The van der Waals surface area contributed by atoms with Gasteiger partial charge < -0.3 is 19.3 Å². The van der Waals surface area contributed by atoms with Crippen LogP contribution in [0.15, 0.2) is 29.4 Å². The summed E-state index contributed by atoms with van der Waals surface area (Å²) in [4.78, 5) is 12.9. The van der Waals surface area contributed by atoms with Gasteiger partial charge in [0.05, 0.1) is 27.4 Å². The van der Waals surface area contributed by atoms with Crippen molar-refractivity contribution in [2.75, 3.05) is 21.3 Å². The normalized spacial score (nSPS) is 29.2. The fourth-order valence-corrected chi connectivity index (χ4v) is 4.37. The number of carbonyl (C=O) groups excluding carboxylic acids is 1. The molecule has 27 heavy (non-hydrogen) atoms. The number of methoxy groups -OCH3 is 3. The van der Waals surface area contributed by atoms with Crippen LogP contribution >= 0.6 is 0 Å². The highest BCUT2D eigenvalue weighted by atomic mass is 16.5. The molecule has 0 radical (unpaired) electrons. The molecule has 0 aliphatic heterocycles. The average Bonchev–Trinajstić information content (AvgIpc) is 2.67. The predicted molar refractivity (Wildman–Crippen MR) is 104 cm³/mol. The standard InChI is InChI=1S/C22H28O5/c1-13-16(17(23)11-15-7-6-8-21(24)22(13,15)2)9-14-10-19(26-4)20(27-5)12-18(14)25-3/h9-13,21,24H,6-8H2,1-5H3/b16-9+/t13-,21-,22-/m0/s1. The number of hydrogen-bond donors (Lipinski definition) is 1. The lowest BCUT2D eigenvalue weighted by atomic mass is 9.57. The second-order valence-corrected chi connectivity index (χ2v) is 7.50. The Labute approximate surface area is 160 Å². The molecule has 1 saturated carbocycles. The quantitative estimate of drug-likeness (QED) is 0.815. The van der Waals surface area contributed by atoms with Crippen molar-refractivity contribution in [2.45, 2.75) is 39.2 Å². The largest absolute Gasteiger partial charge is 0.496 e. The first-order valence-corrected chi connectivity index (χ1v) is 9.31. The van der Waals surface area contributed by atoms with Crippen LogP contribution in [0.3, 0.4) is 0 Å². The predicted octanol–water partition coefficient (Wildman–Crippen LogP) is 3.79. The van der Waals surface area contributed by atoms with E-state index in [-0.39, 0.29) is 11.7 Å². The van der Waals surface area contributed by atoms with Crippen LogP contribution in [0.4, 0.5) is 0 Å². The molecule has 1 aromatic rings. The van der Waals surface area contributed by atoms with Gasteiger partial charge in [-0.05, 0) is 43.4 Å². The van der Waals surface area contributed by atoms with E-state index in [9.17, 15) is 9.90 Å². The average molecular weight is 372 g/mol. The van der Waals surface area contributed by atoms with Crippen LogP contribution in [0.1, 0.15) is 38.7 Å². The monoisotopic (exact) mass is 372 g/mol. The molecule has 0 heterocycles. The van der Waals surface area contributed by atoms with Gasteiger partial charge in [0.25, 0.3) is 0 Å². The third kappa shape index (κ3) is 3.14. The lowest BCUT2D eigenvalue weighted by Crippen LogP contribution is -2.46. The molecule has 5 heteroatoms. The van der Waals surface area contributed by atoms with Crippen molar-refractivity contribution in [1.82, 2.24) is 0 Å². The van der Waals surface area contributed by atoms with E-state index < -0.39 is 11.5 Å². The number of fused-ring (bicyclic) bond motifs is 1. The minimum atomic E-state index is -0.448. The number of allylic oxidation sites excluding steroid dienone is 2. The first-order valence-electron chi connectivity index (χ1n) is 9.31. The van der Waals surface area contributed by atoms with Crippen LogP contribution in [-0.2, 0) is 4.79 Å². The van der Waals surface area contributed by atoms with Gasteiger partial charge in [-0.15, -0.1) is 0 Å². The SMILES string of the molecule is COc1cc(OC)c(OC)cc1/C=C1/C(=O)C=C2CCC[C@H](O)[C@@]2(C)[C@H]1C. The van der Waals surface area contributed by atoms with Gasteiger partial charge in [-0.2, -0.15) is 0 Å². The molecule has 3 rings (SSSR count). The van der Waals surface area contributed by atoms with Crippen LogP contribution in [0, 0.1) is 11.3 Å². The zero-order valence-corrected chi connectivity index (χ0v) is 16.7. The molecule has 1 fully saturated rings. The Morgan fingerprint density at radius 1 is 1.11 bits per heavy atom. The minimum Gasteiger partial charge on any atom is -0.496 e. The maximum Gasteiger partial charge on any atom is 0.182 e. The van der Waals surface area contributed by atoms with Gasteiger partial charge in [-0.1, -0.05) is 19.4 Å². The molecule has 0 saturated heterocycles. The van der Waals surface area contributed by atoms with Crippen molar-refractivity contribution in [3.63, 3.8) is 0 Å². The van der Waals surface area contributed by atoms with Gasteiger partial charge in [0.15, 0.2) is 17.3 Å². The van der Waals surface area contributed by atoms with Gasteiger partial charge in [0.1, 0.15) is 5.75 Å². The maximum absolute atomic E-state index is 12.9. The van der Waals surface area contributed by atoms with Crippen molar-refractivity contribution >= 4 is 11.9 Å². The van der Waals surface area contributed by atoms with Crippen molar-refractivity contribution < 1.29 is 24.1 Å². The summed E-state index contributed by atoms with van der Waals surface area (Å²) >= 11 is 0. The minimum absolute atomic E-state index is 0.000845. The molecule has 0 spiro atoms. The van der Waals surface area contributed by atoms with Crippen molar-refractivity contribution in [3.8, 4) is 17.2 Å². The number of hydrogen-bond acceptors (Lipinski definition) is 5. The number of aliphatic hydroxyl groups excluding tert-OH is 1. The highest BCUT2D eigenvalue weighted by Gasteiger charge is 2.48. The highest BCUT2D eigenvalue weighted by Crippen LogP contribution is 2.52. The summed E-state index contributed by atoms with van der Waals surface area (Å²) in [6.07, 6.45) is 5.69. The Kier molecular flexibility index (Phi) is 5.33.